The summed E-state index contributed by atoms with van der Waals surface area (Å²) < 4.78 is 0.951. The molecule has 30 heavy (non-hydrogen) atoms. The average molecular weight is 463 g/mol. The fourth-order valence-electron chi connectivity index (χ4n) is 3.10. The minimum atomic E-state index is -0.00267. The van der Waals surface area contributed by atoms with Crippen LogP contribution in [0.4, 0.5) is 11.5 Å². The Morgan fingerprint density at radius 3 is 2.53 bits per heavy atom. The van der Waals surface area contributed by atoms with Crippen molar-refractivity contribution in [2.45, 2.75) is 33.1 Å². The number of hydrogen-bond acceptors (Lipinski definition) is 3. The molecular formula is C26H27BrN2O. The molecule has 0 amide bonds. The molecule has 0 aliphatic rings. The molecule has 0 bridgehead atoms. The lowest BCUT2D eigenvalue weighted by Crippen LogP contribution is -2.24. The van der Waals surface area contributed by atoms with E-state index in [0.717, 1.165) is 27.1 Å². The molecule has 0 unspecified atom stereocenters. The summed E-state index contributed by atoms with van der Waals surface area (Å²) in [5.74, 6) is 1.44. The maximum atomic E-state index is 6.39. The van der Waals surface area contributed by atoms with Gasteiger partial charge in [0.1, 0.15) is 0 Å². The van der Waals surface area contributed by atoms with E-state index in [2.05, 4.69) is 73.4 Å². The number of hydrogen-bond donors (Lipinski definition) is 0. The highest BCUT2D eigenvalue weighted by atomic mass is 79.9. The van der Waals surface area contributed by atoms with Crippen molar-refractivity contribution in [3.8, 4) is 5.75 Å². The number of aromatic nitrogens is 1. The molecule has 2 aromatic carbocycles. The molecule has 3 aromatic rings. The first kappa shape index (κ1) is 21.8. The third kappa shape index (κ3) is 5.19. The van der Waals surface area contributed by atoms with Gasteiger partial charge in [0, 0.05) is 16.2 Å². The van der Waals surface area contributed by atoms with Crippen LogP contribution in [0, 0.1) is 0 Å². The summed E-state index contributed by atoms with van der Waals surface area (Å²) in [5, 5.41) is 1.80. The number of para-hydroxylation sites is 1. The molecule has 1 aromatic heterocycles. The molecule has 154 valence electrons. The van der Waals surface area contributed by atoms with Crippen LogP contribution in [0.3, 0.4) is 0 Å². The third-order valence-electron chi connectivity index (χ3n) is 4.73. The van der Waals surface area contributed by atoms with Gasteiger partial charge < -0.3 is 4.84 Å². The van der Waals surface area contributed by atoms with Crippen molar-refractivity contribution in [2.75, 3.05) is 5.06 Å². The standard InChI is InChI=1S/C26H27BrN2O/c1-6-10-19(2)23-13-7-8-14-24(23)29(30-22-12-9-11-21(27)18-22)25-17-20(15-16-28-25)26(3,4)5/h6-18H,1H2,2-5H3/b19-10+. The highest BCUT2D eigenvalue weighted by molar-refractivity contribution is 9.10. The Hall–Kier alpha value is -2.85. The summed E-state index contributed by atoms with van der Waals surface area (Å²) in [7, 11) is 0. The second-order valence-electron chi connectivity index (χ2n) is 8.10. The van der Waals surface area contributed by atoms with Crippen LogP contribution in [0.25, 0.3) is 5.57 Å². The van der Waals surface area contributed by atoms with Crippen LogP contribution < -0.4 is 9.90 Å². The fraction of sp³-hybridized carbons (Fsp3) is 0.192. The number of nitrogens with zero attached hydrogens (tertiary/aromatic N) is 2. The van der Waals surface area contributed by atoms with E-state index >= 15 is 0 Å². The van der Waals surface area contributed by atoms with Crippen molar-refractivity contribution in [1.29, 1.82) is 0 Å². The Labute approximate surface area is 187 Å². The summed E-state index contributed by atoms with van der Waals surface area (Å²) in [6, 6.07) is 20.1. The van der Waals surface area contributed by atoms with Gasteiger partial charge in [0.05, 0.1) is 5.69 Å². The summed E-state index contributed by atoms with van der Waals surface area (Å²) in [6.45, 7) is 12.5. The maximum Gasteiger partial charge on any atom is 0.169 e. The van der Waals surface area contributed by atoms with Gasteiger partial charge in [-0.2, -0.15) is 5.06 Å². The van der Waals surface area contributed by atoms with Crippen molar-refractivity contribution >= 4 is 33.0 Å². The SMILES string of the molecule is C=C/C=C(\C)c1ccccc1N(Oc1cccc(Br)c1)c1cc(C(C)(C)C)ccn1. The minimum Gasteiger partial charge on any atom is -0.373 e. The normalized spacial score (nSPS) is 11.8. The van der Waals surface area contributed by atoms with E-state index in [1.54, 1.807) is 11.1 Å². The van der Waals surface area contributed by atoms with E-state index in [1.165, 1.54) is 5.56 Å². The topological polar surface area (TPSA) is 25.4 Å². The molecule has 0 atom stereocenters. The van der Waals surface area contributed by atoms with Crippen molar-refractivity contribution in [2.24, 2.45) is 0 Å². The monoisotopic (exact) mass is 462 g/mol. The second-order valence-corrected chi connectivity index (χ2v) is 9.01. The molecule has 3 rings (SSSR count). The highest BCUT2D eigenvalue weighted by Crippen LogP contribution is 2.35. The van der Waals surface area contributed by atoms with Gasteiger partial charge in [-0.1, -0.05) is 79.7 Å². The number of pyridine rings is 1. The van der Waals surface area contributed by atoms with Gasteiger partial charge in [0.2, 0.25) is 0 Å². The lowest BCUT2D eigenvalue weighted by molar-refractivity contribution is 0.320. The van der Waals surface area contributed by atoms with Gasteiger partial charge >= 0.3 is 0 Å². The molecule has 1 heterocycles. The van der Waals surface area contributed by atoms with Crippen LogP contribution in [0.15, 0.2) is 90.1 Å². The summed E-state index contributed by atoms with van der Waals surface area (Å²) in [5.41, 5.74) is 4.24. The zero-order chi connectivity index (χ0) is 21.7. The van der Waals surface area contributed by atoms with Crippen molar-refractivity contribution < 1.29 is 4.84 Å². The zero-order valence-corrected chi connectivity index (χ0v) is 19.5. The van der Waals surface area contributed by atoms with E-state index < -0.39 is 0 Å². The number of rotatable bonds is 6. The highest BCUT2D eigenvalue weighted by Gasteiger charge is 2.21. The maximum absolute atomic E-state index is 6.39. The smallest absolute Gasteiger partial charge is 0.169 e. The first-order chi connectivity index (χ1) is 14.3. The van der Waals surface area contributed by atoms with Crippen LogP contribution in [0.1, 0.15) is 38.8 Å². The predicted molar refractivity (Wildman–Crippen MR) is 130 cm³/mol. The number of halogens is 1. The lowest BCUT2D eigenvalue weighted by atomic mass is 9.88. The van der Waals surface area contributed by atoms with Crippen LogP contribution in [0.5, 0.6) is 5.75 Å². The van der Waals surface area contributed by atoms with E-state index in [1.807, 2.05) is 54.7 Å². The Morgan fingerprint density at radius 1 is 1.07 bits per heavy atom. The molecule has 0 radical (unpaired) electrons. The molecule has 0 N–H and O–H groups in total. The van der Waals surface area contributed by atoms with Gasteiger partial charge in [-0.15, -0.1) is 0 Å². The first-order valence-corrected chi connectivity index (χ1v) is 10.7. The van der Waals surface area contributed by atoms with Crippen LogP contribution >= 0.6 is 15.9 Å². The molecule has 0 aliphatic heterocycles. The van der Waals surface area contributed by atoms with E-state index in [0.29, 0.717) is 5.75 Å². The predicted octanol–water partition coefficient (Wildman–Crippen LogP) is 7.86. The molecule has 0 saturated heterocycles. The molecule has 3 nitrogen and oxygen atoms in total. The van der Waals surface area contributed by atoms with Crippen molar-refractivity contribution in [3.63, 3.8) is 0 Å². The molecule has 0 spiro atoms. The number of benzene rings is 2. The summed E-state index contributed by atoms with van der Waals surface area (Å²) in [4.78, 5) is 11.0. The lowest BCUT2D eigenvalue weighted by Gasteiger charge is -2.27. The Kier molecular flexibility index (Phi) is 6.78. The van der Waals surface area contributed by atoms with Crippen molar-refractivity contribution in [3.05, 3.63) is 101 Å². The van der Waals surface area contributed by atoms with E-state index in [4.69, 9.17) is 4.84 Å². The van der Waals surface area contributed by atoms with Crippen LogP contribution in [-0.2, 0) is 5.41 Å². The molecule has 0 saturated carbocycles. The Morgan fingerprint density at radius 2 is 1.83 bits per heavy atom. The van der Waals surface area contributed by atoms with Crippen molar-refractivity contribution in [1.82, 2.24) is 4.98 Å². The van der Waals surface area contributed by atoms with Crippen LogP contribution in [-0.4, -0.2) is 4.98 Å². The average Bonchev–Trinajstić information content (AvgIpc) is 2.72. The van der Waals surface area contributed by atoms with Gasteiger partial charge in [0.15, 0.2) is 11.6 Å². The molecule has 0 aliphatic carbocycles. The number of anilines is 2. The van der Waals surface area contributed by atoms with Gasteiger partial charge in [0.25, 0.3) is 0 Å². The van der Waals surface area contributed by atoms with E-state index in [-0.39, 0.29) is 5.41 Å². The summed E-state index contributed by atoms with van der Waals surface area (Å²) >= 11 is 3.53. The van der Waals surface area contributed by atoms with Gasteiger partial charge in [-0.3, -0.25) is 0 Å². The van der Waals surface area contributed by atoms with E-state index in [9.17, 15) is 0 Å². The third-order valence-corrected chi connectivity index (χ3v) is 5.22. The fourth-order valence-corrected chi connectivity index (χ4v) is 3.47. The largest absolute Gasteiger partial charge is 0.373 e. The Bertz CT molecular complexity index is 1070. The minimum absolute atomic E-state index is 0.00267. The molecule has 4 heteroatoms. The second kappa shape index (κ2) is 9.31. The molecular weight excluding hydrogens is 436 g/mol. The van der Waals surface area contributed by atoms with Crippen LogP contribution in [0.2, 0.25) is 0 Å². The summed E-state index contributed by atoms with van der Waals surface area (Å²) in [6.07, 6.45) is 5.63. The Balaban J connectivity index is 2.17. The zero-order valence-electron chi connectivity index (χ0n) is 17.9. The number of allylic oxidation sites excluding steroid dienone is 3. The van der Waals surface area contributed by atoms with Gasteiger partial charge in [-0.25, -0.2) is 4.98 Å². The quantitative estimate of drug-likeness (QED) is 0.275. The van der Waals surface area contributed by atoms with Gasteiger partial charge in [-0.05, 0) is 59.9 Å². The molecule has 0 fully saturated rings. The first-order valence-electron chi connectivity index (χ1n) is 9.88.